The maximum atomic E-state index is 10.5. The molecule has 0 aliphatic rings. The molecule has 74 valence electrons. The van der Waals surface area contributed by atoms with Crippen LogP contribution >= 0.6 is 0 Å². The summed E-state index contributed by atoms with van der Waals surface area (Å²) in [5.41, 5.74) is 7.01. The summed E-state index contributed by atoms with van der Waals surface area (Å²) in [5.74, 6) is 0.312. The molecule has 0 saturated carbocycles. The van der Waals surface area contributed by atoms with Gasteiger partial charge < -0.3 is 10.5 Å². The first kappa shape index (κ1) is 10.3. The van der Waals surface area contributed by atoms with Gasteiger partial charge in [0.05, 0.1) is 7.11 Å². The van der Waals surface area contributed by atoms with Crippen LogP contribution in [-0.2, 0) is 4.79 Å². The highest BCUT2D eigenvalue weighted by Gasteiger charge is 1.97. The number of amides is 1. The van der Waals surface area contributed by atoms with E-state index < -0.39 is 5.91 Å². The lowest BCUT2D eigenvalue weighted by atomic mass is 10.1. The Morgan fingerprint density at radius 1 is 1.50 bits per heavy atom. The van der Waals surface area contributed by atoms with Crippen molar-refractivity contribution in [3.63, 3.8) is 0 Å². The molecule has 3 heteroatoms. The molecule has 0 saturated heterocycles. The van der Waals surface area contributed by atoms with Gasteiger partial charge in [0.1, 0.15) is 5.75 Å². The molecule has 1 amide bonds. The fourth-order valence-corrected chi connectivity index (χ4v) is 1.10. The van der Waals surface area contributed by atoms with Gasteiger partial charge in [-0.2, -0.15) is 0 Å². The largest absolute Gasteiger partial charge is 0.497 e. The molecule has 0 aliphatic carbocycles. The normalized spacial score (nSPS) is 10.4. The van der Waals surface area contributed by atoms with Crippen LogP contribution < -0.4 is 10.5 Å². The Balaban J connectivity index is 3.00. The summed E-state index contributed by atoms with van der Waals surface area (Å²) < 4.78 is 5.07. The van der Waals surface area contributed by atoms with Crippen molar-refractivity contribution in [2.24, 2.45) is 5.73 Å². The summed E-state index contributed by atoms with van der Waals surface area (Å²) in [4.78, 5) is 10.5. The maximum absolute atomic E-state index is 10.5. The van der Waals surface area contributed by atoms with Gasteiger partial charge in [0, 0.05) is 6.08 Å². The number of primary amides is 1. The second-order valence-corrected chi connectivity index (χ2v) is 2.96. The van der Waals surface area contributed by atoms with Crippen molar-refractivity contribution in [3.05, 3.63) is 35.4 Å². The van der Waals surface area contributed by atoms with Crippen LogP contribution in [0.2, 0.25) is 0 Å². The number of carbonyl (C=O) groups is 1. The van der Waals surface area contributed by atoms with Crippen LogP contribution in [0.25, 0.3) is 6.08 Å². The molecule has 0 bridgehead atoms. The van der Waals surface area contributed by atoms with Gasteiger partial charge in [0.2, 0.25) is 5.91 Å². The van der Waals surface area contributed by atoms with Crippen LogP contribution in [-0.4, -0.2) is 13.0 Å². The average Bonchev–Trinajstić information content (AvgIpc) is 2.16. The van der Waals surface area contributed by atoms with Crippen molar-refractivity contribution < 1.29 is 9.53 Å². The number of aryl methyl sites for hydroxylation is 1. The molecule has 0 spiro atoms. The van der Waals surface area contributed by atoms with Gasteiger partial charge >= 0.3 is 0 Å². The van der Waals surface area contributed by atoms with Gasteiger partial charge in [-0.05, 0) is 36.3 Å². The molecule has 0 atom stereocenters. The third-order valence-electron chi connectivity index (χ3n) is 1.91. The van der Waals surface area contributed by atoms with Crippen molar-refractivity contribution in [1.29, 1.82) is 0 Å². The first-order valence-corrected chi connectivity index (χ1v) is 4.25. The van der Waals surface area contributed by atoms with Crippen molar-refractivity contribution in [2.45, 2.75) is 6.92 Å². The van der Waals surface area contributed by atoms with E-state index in [9.17, 15) is 4.79 Å². The van der Waals surface area contributed by atoms with Gasteiger partial charge in [-0.3, -0.25) is 4.79 Å². The number of hydrogen-bond donors (Lipinski definition) is 1. The Hall–Kier alpha value is -1.77. The minimum atomic E-state index is -0.452. The van der Waals surface area contributed by atoms with E-state index in [2.05, 4.69) is 0 Å². The molecule has 2 N–H and O–H groups in total. The summed E-state index contributed by atoms with van der Waals surface area (Å²) in [6, 6.07) is 5.66. The van der Waals surface area contributed by atoms with E-state index in [0.717, 1.165) is 16.9 Å². The molecule has 0 radical (unpaired) electrons. The van der Waals surface area contributed by atoms with Crippen molar-refractivity contribution in [3.8, 4) is 5.75 Å². The zero-order valence-electron chi connectivity index (χ0n) is 8.28. The number of carbonyl (C=O) groups excluding carboxylic acids is 1. The molecule has 0 aliphatic heterocycles. The van der Waals surface area contributed by atoms with Gasteiger partial charge in [0.15, 0.2) is 0 Å². The Kier molecular flexibility index (Phi) is 3.29. The number of methoxy groups -OCH3 is 1. The standard InChI is InChI=1S/C11H13NO2/c1-8-3-5-10(14-2)7-9(8)4-6-11(12)13/h3-7H,1-2H3,(H2,12,13). The quantitative estimate of drug-likeness (QED) is 0.736. The molecule has 0 unspecified atom stereocenters. The summed E-state index contributed by atoms with van der Waals surface area (Å²) in [6.07, 6.45) is 3.02. The smallest absolute Gasteiger partial charge is 0.241 e. The Morgan fingerprint density at radius 2 is 2.21 bits per heavy atom. The molecule has 0 fully saturated rings. The zero-order valence-corrected chi connectivity index (χ0v) is 8.28. The lowest BCUT2D eigenvalue weighted by Crippen LogP contribution is -2.05. The SMILES string of the molecule is COc1ccc(C)c(C=CC(N)=O)c1. The van der Waals surface area contributed by atoms with E-state index in [1.54, 1.807) is 13.2 Å². The van der Waals surface area contributed by atoms with Crippen LogP contribution in [0.3, 0.4) is 0 Å². The van der Waals surface area contributed by atoms with Gasteiger partial charge in [-0.1, -0.05) is 6.07 Å². The Bertz CT molecular complexity index is 370. The molecular weight excluding hydrogens is 178 g/mol. The van der Waals surface area contributed by atoms with Crippen LogP contribution in [0, 0.1) is 6.92 Å². The second kappa shape index (κ2) is 4.46. The summed E-state index contributed by atoms with van der Waals surface area (Å²) in [5, 5.41) is 0. The first-order valence-electron chi connectivity index (χ1n) is 4.25. The third-order valence-corrected chi connectivity index (χ3v) is 1.91. The van der Waals surface area contributed by atoms with Crippen LogP contribution in [0.1, 0.15) is 11.1 Å². The molecule has 14 heavy (non-hydrogen) atoms. The summed E-state index contributed by atoms with van der Waals surface area (Å²) in [7, 11) is 1.60. The fourth-order valence-electron chi connectivity index (χ4n) is 1.10. The van der Waals surface area contributed by atoms with E-state index in [1.807, 2.05) is 25.1 Å². The van der Waals surface area contributed by atoms with E-state index in [1.165, 1.54) is 6.08 Å². The summed E-state index contributed by atoms with van der Waals surface area (Å²) >= 11 is 0. The van der Waals surface area contributed by atoms with Gasteiger partial charge in [0.25, 0.3) is 0 Å². The Morgan fingerprint density at radius 3 is 2.79 bits per heavy atom. The number of ether oxygens (including phenoxy) is 1. The average molecular weight is 191 g/mol. The Labute approximate surface area is 83.2 Å². The predicted molar refractivity (Wildman–Crippen MR) is 56.0 cm³/mol. The minimum absolute atomic E-state index is 0.452. The molecular formula is C11H13NO2. The zero-order chi connectivity index (χ0) is 10.6. The van der Waals surface area contributed by atoms with E-state index in [-0.39, 0.29) is 0 Å². The molecule has 3 nitrogen and oxygen atoms in total. The van der Waals surface area contributed by atoms with Crippen molar-refractivity contribution >= 4 is 12.0 Å². The molecule has 1 aromatic rings. The van der Waals surface area contributed by atoms with Crippen molar-refractivity contribution in [1.82, 2.24) is 0 Å². The lowest BCUT2D eigenvalue weighted by molar-refractivity contribution is -0.113. The van der Waals surface area contributed by atoms with Gasteiger partial charge in [-0.15, -0.1) is 0 Å². The number of nitrogens with two attached hydrogens (primary N) is 1. The van der Waals surface area contributed by atoms with Crippen LogP contribution in [0.5, 0.6) is 5.75 Å². The van der Waals surface area contributed by atoms with E-state index >= 15 is 0 Å². The lowest BCUT2D eigenvalue weighted by Gasteiger charge is -2.03. The van der Waals surface area contributed by atoms with E-state index in [4.69, 9.17) is 10.5 Å². The van der Waals surface area contributed by atoms with E-state index in [0.29, 0.717) is 0 Å². The number of benzene rings is 1. The van der Waals surface area contributed by atoms with Crippen molar-refractivity contribution in [2.75, 3.05) is 7.11 Å². The number of hydrogen-bond acceptors (Lipinski definition) is 2. The number of rotatable bonds is 3. The topological polar surface area (TPSA) is 52.3 Å². The second-order valence-electron chi connectivity index (χ2n) is 2.96. The highest BCUT2D eigenvalue weighted by Crippen LogP contribution is 2.17. The first-order chi connectivity index (χ1) is 6.63. The summed E-state index contributed by atoms with van der Waals surface area (Å²) in [6.45, 7) is 1.96. The fraction of sp³-hybridized carbons (Fsp3) is 0.182. The highest BCUT2D eigenvalue weighted by atomic mass is 16.5. The highest BCUT2D eigenvalue weighted by molar-refractivity contribution is 5.90. The molecule has 0 heterocycles. The minimum Gasteiger partial charge on any atom is -0.497 e. The van der Waals surface area contributed by atoms with Crippen LogP contribution in [0.15, 0.2) is 24.3 Å². The monoisotopic (exact) mass is 191 g/mol. The molecule has 1 rings (SSSR count). The molecule has 1 aromatic carbocycles. The third kappa shape index (κ3) is 2.62. The van der Waals surface area contributed by atoms with Crippen LogP contribution in [0.4, 0.5) is 0 Å². The maximum Gasteiger partial charge on any atom is 0.241 e. The van der Waals surface area contributed by atoms with Gasteiger partial charge in [-0.25, -0.2) is 0 Å². The predicted octanol–water partition coefficient (Wildman–Crippen LogP) is 1.50. The molecule has 0 aromatic heterocycles.